The summed E-state index contributed by atoms with van der Waals surface area (Å²) in [6.07, 6.45) is 1.50. The highest BCUT2D eigenvalue weighted by Crippen LogP contribution is 2.26. The van der Waals surface area contributed by atoms with Gasteiger partial charge < -0.3 is 15.5 Å². The first-order valence-electron chi connectivity index (χ1n) is 6.37. The Kier molecular flexibility index (Phi) is 4.32. The van der Waals surface area contributed by atoms with Crippen molar-refractivity contribution in [2.24, 2.45) is 0 Å². The van der Waals surface area contributed by atoms with Crippen LogP contribution in [0.5, 0.6) is 0 Å². The van der Waals surface area contributed by atoms with E-state index in [-0.39, 0.29) is 4.90 Å². The molecule has 0 spiro atoms. The van der Waals surface area contributed by atoms with E-state index in [1.807, 2.05) is 6.92 Å². The summed E-state index contributed by atoms with van der Waals surface area (Å²) in [5, 5.41) is 0.641. The maximum Gasteiger partial charge on any atom is 0.245 e. The zero-order chi connectivity index (χ0) is 14.8. The van der Waals surface area contributed by atoms with Crippen molar-refractivity contribution in [1.82, 2.24) is 9.29 Å². The molecule has 0 radical (unpaired) electrons. The number of ether oxygens (including phenoxy) is 1. The Labute approximate surface area is 118 Å². The van der Waals surface area contributed by atoms with Crippen molar-refractivity contribution in [1.29, 1.82) is 0 Å². The summed E-state index contributed by atoms with van der Waals surface area (Å²) in [7, 11) is -1.99. The number of aromatic nitrogens is 1. The quantitative estimate of drug-likeness (QED) is 0.623. The van der Waals surface area contributed by atoms with Gasteiger partial charge in [-0.05, 0) is 25.1 Å². The molecule has 0 fully saturated rings. The number of hydrogen-bond donors (Lipinski definition) is 2. The Balaban J connectivity index is 2.32. The average Bonchev–Trinajstić information content (AvgIpc) is 2.82. The number of likely N-dealkylation sites (N-methyl/N-ethyl adjacent to an activating group) is 1. The fourth-order valence-electron chi connectivity index (χ4n) is 1.96. The fourth-order valence-corrected chi connectivity index (χ4v) is 3.27. The second-order valence-corrected chi connectivity index (χ2v) is 6.49. The number of H-pyrrole nitrogens is 1. The van der Waals surface area contributed by atoms with Gasteiger partial charge in [0.15, 0.2) is 0 Å². The van der Waals surface area contributed by atoms with E-state index in [9.17, 15) is 8.42 Å². The van der Waals surface area contributed by atoms with Gasteiger partial charge in [-0.15, -0.1) is 0 Å². The maximum absolute atomic E-state index is 12.5. The lowest BCUT2D eigenvalue weighted by atomic mass is 10.2. The summed E-state index contributed by atoms with van der Waals surface area (Å²) >= 11 is 0. The van der Waals surface area contributed by atoms with E-state index in [1.165, 1.54) is 10.5 Å². The SMILES string of the molecule is CCOCCN(C)S(=O)(=O)c1c[nH]c2cc(N)ccc12. The molecular weight excluding hydrogens is 278 g/mol. The molecule has 0 aliphatic rings. The third kappa shape index (κ3) is 2.79. The molecule has 0 bridgehead atoms. The number of nitrogens with zero attached hydrogens (tertiary/aromatic N) is 1. The van der Waals surface area contributed by atoms with Crippen molar-refractivity contribution in [2.45, 2.75) is 11.8 Å². The molecule has 0 amide bonds. The summed E-state index contributed by atoms with van der Waals surface area (Å²) in [4.78, 5) is 3.20. The molecule has 1 heterocycles. The van der Waals surface area contributed by atoms with E-state index >= 15 is 0 Å². The number of hydrogen-bond acceptors (Lipinski definition) is 4. The number of anilines is 1. The van der Waals surface area contributed by atoms with Crippen LogP contribution in [0.1, 0.15) is 6.92 Å². The number of fused-ring (bicyclic) bond motifs is 1. The number of sulfonamides is 1. The van der Waals surface area contributed by atoms with Crippen molar-refractivity contribution in [3.05, 3.63) is 24.4 Å². The number of nitrogens with one attached hydrogen (secondary N) is 1. The first-order valence-corrected chi connectivity index (χ1v) is 7.81. The lowest BCUT2D eigenvalue weighted by Crippen LogP contribution is -2.30. The van der Waals surface area contributed by atoms with Gasteiger partial charge in [0.25, 0.3) is 0 Å². The van der Waals surface area contributed by atoms with Crippen LogP contribution in [-0.4, -0.2) is 44.5 Å². The van der Waals surface area contributed by atoms with Crippen LogP contribution in [0, 0.1) is 0 Å². The molecule has 0 aliphatic heterocycles. The van der Waals surface area contributed by atoms with E-state index in [0.717, 1.165) is 0 Å². The van der Waals surface area contributed by atoms with Crippen molar-refractivity contribution >= 4 is 26.6 Å². The minimum Gasteiger partial charge on any atom is -0.399 e. The van der Waals surface area contributed by atoms with Crippen molar-refractivity contribution in [3.63, 3.8) is 0 Å². The predicted octanol–water partition coefficient (Wildman–Crippen LogP) is 1.41. The van der Waals surface area contributed by atoms with Gasteiger partial charge in [-0.3, -0.25) is 0 Å². The Morgan fingerprint density at radius 2 is 2.15 bits per heavy atom. The van der Waals surface area contributed by atoms with Crippen LogP contribution in [0.25, 0.3) is 10.9 Å². The molecule has 3 N–H and O–H groups in total. The van der Waals surface area contributed by atoms with E-state index < -0.39 is 10.0 Å². The molecule has 2 rings (SSSR count). The molecule has 0 saturated heterocycles. The number of nitrogen functional groups attached to an aromatic ring is 1. The molecule has 0 atom stereocenters. The lowest BCUT2D eigenvalue weighted by Gasteiger charge is -2.16. The molecule has 1 aromatic carbocycles. The molecule has 7 heteroatoms. The summed E-state index contributed by atoms with van der Waals surface area (Å²) in [6, 6.07) is 5.12. The van der Waals surface area contributed by atoms with Crippen LogP contribution in [0.2, 0.25) is 0 Å². The van der Waals surface area contributed by atoms with Crippen molar-refractivity contribution in [3.8, 4) is 0 Å². The normalized spacial score (nSPS) is 12.3. The summed E-state index contributed by atoms with van der Waals surface area (Å²) in [6.45, 7) is 3.14. The van der Waals surface area contributed by atoms with Crippen LogP contribution in [0.4, 0.5) is 5.69 Å². The smallest absolute Gasteiger partial charge is 0.245 e. The molecule has 20 heavy (non-hydrogen) atoms. The number of benzene rings is 1. The van der Waals surface area contributed by atoms with Crippen LogP contribution in [0.3, 0.4) is 0 Å². The van der Waals surface area contributed by atoms with Crippen LogP contribution < -0.4 is 5.73 Å². The zero-order valence-corrected chi connectivity index (χ0v) is 12.4. The third-order valence-corrected chi connectivity index (χ3v) is 5.01. The van der Waals surface area contributed by atoms with E-state index in [4.69, 9.17) is 10.5 Å². The third-order valence-electron chi connectivity index (χ3n) is 3.11. The Morgan fingerprint density at radius 1 is 1.40 bits per heavy atom. The van der Waals surface area contributed by atoms with Gasteiger partial charge in [0.2, 0.25) is 10.0 Å². The highest BCUT2D eigenvalue weighted by Gasteiger charge is 2.23. The van der Waals surface area contributed by atoms with Gasteiger partial charge in [-0.1, -0.05) is 0 Å². The monoisotopic (exact) mass is 297 g/mol. The van der Waals surface area contributed by atoms with Crippen LogP contribution >= 0.6 is 0 Å². The van der Waals surface area contributed by atoms with E-state index in [0.29, 0.717) is 36.3 Å². The average molecular weight is 297 g/mol. The van der Waals surface area contributed by atoms with E-state index in [2.05, 4.69) is 4.98 Å². The maximum atomic E-state index is 12.5. The number of aromatic amines is 1. The Hall–Kier alpha value is -1.57. The van der Waals surface area contributed by atoms with Gasteiger partial charge in [0.05, 0.1) is 6.61 Å². The summed E-state index contributed by atoms with van der Waals surface area (Å²) < 4.78 is 31.5. The van der Waals surface area contributed by atoms with Gasteiger partial charge in [0.1, 0.15) is 4.90 Å². The van der Waals surface area contributed by atoms with Gasteiger partial charge in [-0.2, -0.15) is 4.31 Å². The first-order chi connectivity index (χ1) is 9.46. The molecule has 2 aromatic rings. The highest BCUT2D eigenvalue weighted by molar-refractivity contribution is 7.89. The molecule has 0 saturated carbocycles. The molecule has 6 nitrogen and oxygen atoms in total. The lowest BCUT2D eigenvalue weighted by molar-refractivity contribution is 0.138. The second kappa shape index (κ2) is 5.82. The van der Waals surface area contributed by atoms with Gasteiger partial charge >= 0.3 is 0 Å². The number of nitrogens with two attached hydrogens (primary N) is 1. The largest absolute Gasteiger partial charge is 0.399 e. The highest BCUT2D eigenvalue weighted by atomic mass is 32.2. The summed E-state index contributed by atoms with van der Waals surface area (Å²) in [5.41, 5.74) is 6.99. The minimum absolute atomic E-state index is 0.256. The topological polar surface area (TPSA) is 88.4 Å². The van der Waals surface area contributed by atoms with Crippen molar-refractivity contribution in [2.75, 3.05) is 32.5 Å². The fraction of sp³-hybridized carbons (Fsp3) is 0.385. The van der Waals surface area contributed by atoms with E-state index in [1.54, 1.807) is 25.2 Å². The molecule has 110 valence electrons. The molecule has 1 aromatic heterocycles. The van der Waals surface area contributed by atoms with Crippen LogP contribution in [-0.2, 0) is 14.8 Å². The number of rotatable bonds is 6. The molecule has 0 aliphatic carbocycles. The minimum atomic E-state index is -3.53. The summed E-state index contributed by atoms with van der Waals surface area (Å²) in [5.74, 6) is 0. The first kappa shape index (κ1) is 14.8. The van der Waals surface area contributed by atoms with Crippen molar-refractivity contribution < 1.29 is 13.2 Å². The second-order valence-electron chi connectivity index (χ2n) is 4.48. The standard InChI is InChI=1S/C13H19N3O3S/c1-3-19-7-6-16(2)20(17,18)13-9-15-12-8-10(14)4-5-11(12)13/h4-5,8-9,15H,3,6-7,14H2,1-2H3. The van der Waals surface area contributed by atoms with Crippen LogP contribution in [0.15, 0.2) is 29.3 Å². The molecule has 0 unspecified atom stereocenters. The predicted molar refractivity (Wildman–Crippen MR) is 79.0 cm³/mol. The molecular formula is C13H19N3O3S. The zero-order valence-electron chi connectivity index (χ0n) is 11.6. The Bertz CT molecular complexity index is 694. The Morgan fingerprint density at radius 3 is 2.85 bits per heavy atom. The van der Waals surface area contributed by atoms with Gasteiger partial charge in [-0.25, -0.2) is 8.42 Å². The van der Waals surface area contributed by atoms with Gasteiger partial charge in [0, 0.05) is 43.0 Å².